The van der Waals surface area contributed by atoms with Gasteiger partial charge in [-0.1, -0.05) is 0 Å². The molecule has 0 rings (SSSR count). The summed E-state index contributed by atoms with van der Waals surface area (Å²) in [5.74, 6) is -1.88. The molecule has 0 amide bonds. The van der Waals surface area contributed by atoms with E-state index >= 15 is 0 Å². The summed E-state index contributed by atoms with van der Waals surface area (Å²) in [5, 5.41) is 0. The highest BCUT2D eigenvalue weighted by Gasteiger charge is 2.39. The van der Waals surface area contributed by atoms with Gasteiger partial charge in [-0.25, -0.2) is 0 Å². The largest absolute Gasteiger partial charge is 0.455 e. The zero-order valence-electron chi connectivity index (χ0n) is 6.44. The van der Waals surface area contributed by atoms with Gasteiger partial charge in [0.15, 0.2) is 0 Å². The Labute approximate surface area is 76.2 Å². The predicted octanol–water partition coefficient (Wildman–Crippen LogP) is 1.92. The Hall–Kier alpha value is -0.520. The van der Waals surface area contributed by atoms with Crippen LogP contribution in [0.4, 0.5) is 13.2 Å². The van der Waals surface area contributed by atoms with Crippen LogP contribution in [0.15, 0.2) is 10.7 Å². The van der Waals surface area contributed by atoms with Gasteiger partial charge in [-0.3, -0.25) is 4.79 Å². The molecule has 0 spiro atoms. The van der Waals surface area contributed by atoms with E-state index in [4.69, 9.17) is 0 Å². The van der Waals surface area contributed by atoms with Crippen molar-refractivity contribution >= 4 is 21.7 Å². The molecule has 0 N–H and O–H groups in total. The maximum absolute atomic E-state index is 11.7. The van der Waals surface area contributed by atoms with E-state index in [0.717, 1.165) is 6.20 Å². The molecular weight excluding hydrogens is 239 g/mol. The zero-order chi connectivity index (χ0) is 9.94. The summed E-state index contributed by atoms with van der Waals surface area (Å²) in [6.07, 6.45) is -3.76. The lowest BCUT2D eigenvalue weighted by Gasteiger charge is -2.07. The molecule has 0 aliphatic heterocycles. The second-order valence-corrected chi connectivity index (χ2v) is 3.12. The number of carbonyl (C=O) groups is 1. The minimum absolute atomic E-state index is 0.500. The van der Waals surface area contributed by atoms with Crippen LogP contribution < -0.4 is 0 Å². The Kier molecular flexibility index (Phi) is 3.76. The van der Waals surface area contributed by atoms with Crippen LogP contribution in [0.3, 0.4) is 0 Å². The molecule has 0 bridgehead atoms. The highest BCUT2D eigenvalue weighted by atomic mass is 79.9. The van der Waals surface area contributed by atoms with E-state index in [9.17, 15) is 18.0 Å². The SMILES string of the molecule is CN(C)/C=C(\Br)C(=O)C(F)(F)F. The van der Waals surface area contributed by atoms with Gasteiger partial charge in [0, 0.05) is 20.3 Å². The van der Waals surface area contributed by atoms with Gasteiger partial charge in [-0.15, -0.1) is 0 Å². The number of rotatable bonds is 2. The molecule has 0 heterocycles. The van der Waals surface area contributed by atoms with Crippen LogP contribution >= 0.6 is 15.9 Å². The maximum atomic E-state index is 11.7. The van der Waals surface area contributed by atoms with Gasteiger partial charge in [-0.05, 0) is 15.9 Å². The third-order valence-electron chi connectivity index (χ3n) is 0.846. The second kappa shape index (κ2) is 3.93. The smallest absolute Gasteiger partial charge is 0.382 e. The van der Waals surface area contributed by atoms with Gasteiger partial charge in [-0.2, -0.15) is 13.2 Å². The van der Waals surface area contributed by atoms with Crippen molar-refractivity contribution in [2.75, 3.05) is 14.1 Å². The predicted molar refractivity (Wildman–Crippen MR) is 41.8 cm³/mol. The summed E-state index contributed by atoms with van der Waals surface area (Å²) in [4.78, 5) is 11.8. The molecule has 0 fully saturated rings. The number of allylic oxidation sites excluding steroid dienone is 1. The molecule has 0 unspecified atom stereocenters. The average Bonchev–Trinajstić information content (AvgIpc) is 1.82. The van der Waals surface area contributed by atoms with Crippen LogP contribution in [-0.2, 0) is 4.79 Å². The Bertz CT molecular complexity index is 209. The fourth-order valence-electron chi connectivity index (χ4n) is 0.421. The highest BCUT2D eigenvalue weighted by Crippen LogP contribution is 2.23. The third-order valence-corrected chi connectivity index (χ3v) is 1.41. The summed E-state index contributed by atoms with van der Waals surface area (Å²) in [7, 11) is 3.04. The van der Waals surface area contributed by atoms with Crippen molar-refractivity contribution < 1.29 is 18.0 Å². The summed E-state index contributed by atoms with van der Waals surface area (Å²) in [6, 6.07) is 0. The normalized spacial score (nSPS) is 13.0. The van der Waals surface area contributed by atoms with Crippen LogP contribution in [-0.4, -0.2) is 31.0 Å². The van der Waals surface area contributed by atoms with Gasteiger partial charge in [0.05, 0.1) is 4.48 Å². The summed E-state index contributed by atoms with van der Waals surface area (Å²) < 4.78 is 34.6. The highest BCUT2D eigenvalue weighted by molar-refractivity contribution is 9.12. The van der Waals surface area contributed by atoms with Gasteiger partial charge in [0.1, 0.15) is 0 Å². The fraction of sp³-hybridized carbons (Fsp3) is 0.500. The lowest BCUT2D eigenvalue weighted by atomic mass is 10.4. The van der Waals surface area contributed by atoms with Crippen LogP contribution in [0, 0.1) is 0 Å². The molecule has 2 nitrogen and oxygen atoms in total. The van der Waals surface area contributed by atoms with Crippen molar-refractivity contribution in [2.24, 2.45) is 0 Å². The van der Waals surface area contributed by atoms with E-state index in [0.29, 0.717) is 0 Å². The first kappa shape index (κ1) is 11.5. The van der Waals surface area contributed by atoms with E-state index in [2.05, 4.69) is 15.9 Å². The topological polar surface area (TPSA) is 20.3 Å². The standard InChI is InChI=1S/C6H7BrF3NO/c1-11(2)3-4(7)5(12)6(8,9)10/h3H,1-2H3/b4-3-. The average molecular weight is 246 g/mol. The second-order valence-electron chi connectivity index (χ2n) is 2.27. The van der Waals surface area contributed by atoms with Crippen molar-refractivity contribution in [3.8, 4) is 0 Å². The van der Waals surface area contributed by atoms with Gasteiger partial charge >= 0.3 is 6.18 Å². The lowest BCUT2D eigenvalue weighted by molar-refractivity contribution is -0.165. The minimum Gasteiger partial charge on any atom is -0.382 e. The molecule has 0 aliphatic rings. The summed E-state index contributed by atoms with van der Waals surface area (Å²) in [6.45, 7) is 0. The quantitative estimate of drug-likeness (QED) is 0.693. The zero-order valence-corrected chi connectivity index (χ0v) is 8.03. The molecule has 0 saturated heterocycles. The number of hydrogen-bond donors (Lipinski definition) is 0. The van der Waals surface area contributed by atoms with Gasteiger partial charge in [0.25, 0.3) is 5.78 Å². The molecule has 0 aromatic carbocycles. The monoisotopic (exact) mass is 245 g/mol. The van der Waals surface area contributed by atoms with Crippen LogP contribution in [0.2, 0.25) is 0 Å². The van der Waals surface area contributed by atoms with Crippen molar-refractivity contribution in [2.45, 2.75) is 6.18 Å². The van der Waals surface area contributed by atoms with Crippen molar-refractivity contribution in [1.29, 1.82) is 0 Å². The van der Waals surface area contributed by atoms with E-state index < -0.39 is 16.4 Å². The van der Waals surface area contributed by atoms with E-state index in [1.165, 1.54) is 19.0 Å². The number of ketones is 1. The van der Waals surface area contributed by atoms with Crippen LogP contribution in [0.1, 0.15) is 0 Å². The molecule has 6 heteroatoms. The number of Topliss-reactive ketones (excluding diaryl/α,β-unsaturated/α-hetero) is 1. The number of halogens is 4. The summed E-state index contributed by atoms with van der Waals surface area (Å²) in [5.41, 5.74) is 0. The van der Waals surface area contributed by atoms with Gasteiger partial charge < -0.3 is 4.90 Å². The third kappa shape index (κ3) is 3.75. The van der Waals surface area contributed by atoms with Crippen molar-refractivity contribution in [3.05, 3.63) is 10.7 Å². The van der Waals surface area contributed by atoms with Crippen molar-refractivity contribution in [3.63, 3.8) is 0 Å². The first-order valence-electron chi connectivity index (χ1n) is 2.90. The Morgan fingerprint density at radius 2 is 1.83 bits per heavy atom. The molecule has 0 aliphatic carbocycles. The Morgan fingerprint density at radius 3 is 2.08 bits per heavy atom. The summed E-state index contributed by atoms with van der Waals surface area (Å²) >= 11 is 2.53. The van der Waals surface area contributed by atoms with E-state index in [-0.39, 0.29) is 0 Å². The van der Waals surface area contributed by atoms with Gasteiger partial charge in [0.2, 0.25) is 0 Å². The number of alkyl halides is 3. The molecule has 12 heavy (non-hydrogen) atoms. The molecule has 70 valence electrons. The van der Waals surface area contributed by atoms with E-state index in [1.807, 2.05) is 0 Å². The maximum Gasteiger partial charge on any atom is 0.455 e. The van der Waals surface area contributed by atoms with Crippen molar-refractivity contribution in [1.82, 2.24) is 4.90 Å². The molecular formula is C6H7BrF3NO. The lowest BCUT2D eigenvalue weighted by Crippen LogP contribution is -2.23. The molecule has 0 aromatic heterocycles. The number of hydrogen-bond acceptors (Lipinski definition) is 2. The van der Waals surface area contributed by atoms with Crippen LogP contribution in [0.5, 0.6) is 0 Å². The molecule has 0 saturated carbocycles. The van der Waals surface area contributed by atoms with Crippen LogP contribution in [0.25, 0.3) is 0 Å². The Morgan fingerprint density at radius 1 is 1.42 bits per heavy atom. The van der Waals surface area contributed by atoms with E-state index in [1.54, 1.807) is 0 Å². The minimum atomic E-state index is -4.81. The molecule has 0 aromatic rings. The Balaban J connectivity index is 4.51. The molecule has 0 radical (unpaired) electrons. The fourth-order valence-corrected chi connectivity index (χ4v) is 1.06. The molecule has 0 atom stereocenters. The first-order valence-corrected chi connectivity index (χ1v) is 3.69. The number of nitrogens with zero attached hydrogens (tertiary/aromatic N) is 1. The number of carbonyl (C=O) groups excluding carboxylic acids is 1. The first-order chi connectivity index (χ1) is 5.25.